The van der Waals surface area contributed by atoms with E-state index in [1.165, 1.54) is 30.5 Å². The lowest BCUT2D eigenvalue weighted by Crippen LogP contribution is -2.17. The first-order valence-electron chi connectivity index (χ1n) is 8.33. The standard InChI is InChI=1S/C21H14Cl2N2O4/c22-14-8-9-16(18(23)11-14)21(28)29-15-5-3-4-13(10-15)12-24-25-20(27)17-6-1-2-7-19(17)26/h1-12,26H,(H,25,27)/b24-12-. The van der Waals surface area contributed by atoms with Crippen LogP contribution in [0.15, 0.2) is 71.8 Å². The van der Waals surface area contributed by atoms with Crippen LogP contribution in [0.2, 0.25) is 10.0 Å². The van der Waals surface area contributed by atoms with Gasteiger partial charge >= 0.3 is 5.97 Å². The molecule has 146 valence electrons. The second-order valence-corrected chi connectivity index (χ2v) is 6.65. The molecule has 0 spiro atoms. The molecule has 3 rings (SSSR count). The van der Waals surface area contributed by atoms with E-state index in [0.717, 1.165) is 0 Å². The number of carbonyl (C=O) groups is 2. The molecule has 0 aromatic heterocycles. The molecule has 0 aliphatic heterocycles. The van der Waals surface area contributed by atoms with E-state index >= 15 is 0 Å². The second kappa shape index (κ2) is 9.23. The van der Waals surface area contributed by atoms with Crippen LogP contribution >= 0.6 is 23.2 Å². The quantitative estimate of drug-likeness (QED) is 0.267. The monoisotopic (exact) mass is 428 g/mol. The Bertz CT molecular complexity index is 1100. The van der Waals surface area contributed by atoms with Gasteiger partial charge in [-0.3, -0.25) is 4.79 Å². The van der Waals surface area contributed by atoms with E-state index in [4.69, 9.17) is 27.9 Å². The Morgan fingerprint density at radius 3 is 2.52 bits per heavy atom. The van der Waals surface area contributed by atoms with Crippen molar-refractivity contribution in [2.75, 3.05) is 0 Å². The molecule has 29 heavy (non-hydrogen) atoms. The molecule has 3 aromatic carbocycles. The number of esters is 1. The van der Waals surface area contributed by atoms with Gasteiger partial charge < -0.3 is 9.84 Å². The van der Waals surface area contributed by atoms with Crippen molar-refractivity contribution < 1.29 is 19.4 Å². The Morgan fingerprint density at radius 1 is 0.966 bits per heavy atom. The number of nitrogens with zero attached hydrogens (tertiary/aromatic N) is 1. The molecule has 0 unspecified atom stereocenters. The summed E-state index contributed by atoms with van der Waals surface area (Å²) < 4.78 is 5.33. The Balaban J connectivity index is 1.66. The molecule has 2 N–H and O–H groups in total. The van der Waals surface area contributed by atoms with Crippen LogP contribution < -0.4 is 10.2 Å². The molecule has 3 aromatic rings. The molecule has 0 saturated heterocycles. The number of hydrogen-bond donors (Lipinski definition) is 2. The van der Waals surface area contributed by atoms with Crippen molar-refractivity contribution in [2.45, 2.75) is 0 Å². The van der Waals surface area contributed by atoms with Crippen molar-refractivity contribution in [3.63, 3.8) is 0 Å². The number of ether oxygens (including phenoxy) is 1. The number of para-hydroxylation sites is 1. The molecule has 0 aliphatic rings. The SMILES string of the molecule is O=C(N/N=C\c1cccc(OC(=O)c2ccc(Cl)cc2Cl)c1)c1ccccc1O. The minimum absolute atomic E-state index is 0.104. The zero-order chi connectivity index (χ0) is 20.8. The van der Waals surface area contributed by atoms with Gasteiger partial charge in [0.05, 0.1) is 22.4 Å². The van der Waals surface area contributed by atoms with Gasteiger partial charge in [0.25, 0.3) is 5.91 Å². The zero-order valence-electron chi connectivity index (χ0n) is 14.8. The lowest BCUT2D eigenvalue weighted by atomic mass is 10.2. The Hall–Kier alpha value is -3.35. The molecule has 6 nitrogen and oxygen atoms in total. The van der Waals surface area contributed by atoms with E-state index in [9.17, 15) is 14.7 Å². The minimum Gasteiger partial charge on any atom is -0.507 e. The van der Waals surface area contributed by atoms with Crippen molar-refractivity contribution in [1.82, 2.24) is 5.43 Å². The van der Waals surface area contributed by atoms with Crippen molar-refractivity contribution in [3.05, 3.63) is 93.5 Å². The first-order chi connectivity index (χ1) is 13.9. The number of hydrazone groups is 1. The molecule has 0 fully saturated rings. The molecule has 0 aliphatic carbocycles. The van der Waals surface area contributed by atoms with Crippen LogP contribution in [-0.2, 0) is 0 Å². The summed E-state index contributed by atoms with van der Waals surface area (Å²) in [5.41, 5.74) is 3.19. The first kappa shape index (κ1) is 20.4. The molecule has 1 amide bonds. The lowest BCUT2D eigenvalue weighted by Gasteiger charge is -2.07. The average Bonchev–Trinajstić information content (AvgIpc) is 2.68. The maximum atomic E-state index is 12.3. The topological polar surface area (TPSA) is 88.0 Å². The Kier molecular flexibility index (Phi) is 6.49. The number of nitrogens with one attached hydrogen (secondary N) is 1. The molecule has 0 heterocycles. The van der Waals surface area contributed by atoms with Crippen molar-refractivity contribution in [2.24, 2.45) is 5.10 Å². The zero-order valence-corrected chi connectivity index (χ0v) is 16.3. The van der Waals surface area contributed by atoms with E-state index in [1.807, 2.05) is 0 Å². The van der Waals surface area contributed by atoms with Crippen LogP contribution in [0.4, 0.5) is 0 Å². The molecule has 0 saturated carbocycles. The fraction of sp³-hybridized carbons (Fsp3) is 0. The first-order valence-corrected chi connectivity index (χ1v) is 9.08. The smallest absolute Gasteiger partial charge is 0.345 e. The van der Waals surface area contributed by atoms with Gasteiger partial charge in [-0.15, -0.1) is 0 Å². The summed E-state index contributed by atoms with van der Waals surface area (Å²) in [6.07, 6.45) is 1.38. The predicted octanol–water partition coefficient (Wildman–Crippen LogP) is 4.68. The number of aromatic hydroxyl groups is 1. The van der Waals surface area contributed by atoms with Crippen LogP contribution in [0.3, 0.4) is 0 Å². The highest BCUT2D eigenvalue weighted by Crippen LogP contribution is 2.23. The van der Waals surface area contributed by atoms with E-state index < -0.39 is 11.9 Å². The highest BCUT2D eigenvalue weighted by atomic mass is 35.5. The maximum Gasteiger partial charge on any atom is 0.345 e. The number of phenols is 1. The van der Waals surface area contributed by atoms with Crippen LogP contribution in [-0.4, -0.2) is 23.2 Å². The summed E-state index contributed by atoms with van der Waals surface area (Å²) in [5, 5.41) is 14.1. The molecular formula is C21H14Cl2N2O4. The highest BCUT2D eigenvalue weighted by Gasteiger charge is 2.13. The van der Waals surface area contributed by atoms with Gasteiger partial charge in [0.2, 0.25) is 0 Å². The third kappa shape index (κ3) is 5.34. The van der Waals surface area contributed by atoms with Gasteiger partial charge in [-0.05, 0) is 48.0 Å². The number of phenolic OH excluding ortho intramolecular Hbond substituents is 1. The third-order valence-electron chi connectivity index (χ3n) is 3.75. The fourth-order valence-electron chi connectivity index (χ4n) is 2.37. The minimum atomic E-state index is -0.631. The average molecular weight is 429 g/mol. The molecule has 0 atom stereocenters. The van der Waals surface area contributed by atoms with E-state index in [2.05, 4.69) is 10.5 Å². The second-order valence-electron chi connectivity index (χ2n) is 5.80. The van der Waals surface area contributed by atoms with Crippen LogP contribution in [0.5, 0.6) is 11.5 Å². The fourth-order valence-corrected chi connectivity index (χ4v) is 2.85. The normalized spacial score (nSPS) is 10.7. The number of halogens is 2. The van der Waals surface area contributed by atoms with Gasteiger partial charge in [-0.1, -0.05) is 47.5 Å². The van der Waals surface area contributed by atoms with Crippen LogP contribution in [0, 0.1) is 0 Å². The van der Waals surface area contributed by atoms with Crippen molar-refractivity contribution in [1.29, 1.82) is 0 Å². The predicted molar refractivity (Wildman–Crippen MR) is 111 cm³/mol. The summed E-state index contributed by atoms with van der Waals surface area (Å²) in [7, 11) is 0. The largest absolute Gasteiger partial charge is 0.507 e. The molecular weight excluding hydrogens is 415 g/mol. The van der Waals surface area contributed by atoms with E-state index in [-0.39, 0.29) is 27.6 Å². The van der Waals surface area contributed by atoms with Crippen LogP contribution in [0.25, 0.3) is 0 Å². The lowest BCUT2D eigenvalue weighted by molar-refractivity contribution is 0.0734. The summed E-state index contributed by atoms with van der Waals surface area (Å²) in [5.74, 6) is -1.06. The third-order valence-corrected chi connectivity index (χ3v) is 4.30. The van der Waals surface area contributed by atoms with E-state index in [0.29, 0.717) is 10.6 Å². The van der Waals surface area contributed by atoms with Gasteiger partial charge in [0.1, 0.15) is 11.5 Å². The van der Waals surface area contributed by atoms with Crippen LogP contribution in [0.1, 0.15) is 26.3 Å². The number of carbonyl (C=O) groups excluding carboxylic acids is 2. The van der Waals surface area contributed by atoms with Gasteiger partial charge in [0, 0.05) is 5.02 Å². The summed E-state index contributed by atoms with van der Waals surface area (Å²) in [6, 6.07) is 17.1. The number of amides is 1. The molecule has 0 radical (unpaired) electrons. The van der Waals surface area contributed by atoms with Crippen molar-refractivity contribution in [3.8, 4) is 11.5 Å². The van der Waals surface area contributed by atoms with Crippen molar-refractivity contribution >= 4 is 41.3 Å². The van der Waals surface area contributed by atoms with Gasteiger partial charge in [-0.25, -0.2) is 10.2 Å². The highest BCUT2D eigenvalue weighted by molar-refractivity contribution is 6.36. The number of benzene rings is 3. The summed E-state index contributed by atoms with van der Waals surface area (Å²) in [4.78, 5) is 24.3. The molecule has 8 heteroatoms. The van der Waals surface area contributed by atoms with Gasteiger partial charge in [0.15, 0.2) is 0 Å². The molecule has 0 bridgehead atoms. The Morgan fingerprint density at radius 2 is 1.76 bits per heavy atom. The number of rotatable bonds is 5. The van der Waals surface area contributed by atoms with Gasteiger partial charge in [-0.2, -0.15) is 5.10 Å². The van der Waals surface area contributed by atoms with E-state index in [1.54, 1.807) is 42.5 Å². The summed E-state index contributed by atoms with van der Waals surface area (Å²) in [6.45, 7) is 0. The Labute approximate surface area is 176 Å². The maximum absolute atomic E-state index is 12.3. The number of hydrogen-bond acceptors (Lipinski definition) is 5. The summed E-state index contributed by atoms with van der Waals surface area (Å²) >= 11 is 11.8.